The Bertz CT molecular complexity index is 513. The van der Waals surface area contributed by atoms with E-state index in [2.05, 4.69) is 4.98 Å². The molecule has 2 aromatic heterocycles. The molecule has 2 heterocycles. The maximum absolute atomic E-state index is 11.7. The Balaban J connectivity index is 2.20. The number of aryl methyl sites for hydroxylation is 1. The molecule has 0 fully saturated rings. The van der Waals surface area contributed by atoms with Gasteiger partial charge in [-0.2, -0.15) is 0 Å². The van der Waals surface area contributed by atoms with Crippen molar-refractivity contribution in [2.75, 3.05) is 6.61 Å². The highest BCUT2D eigenvalue weighted by Crippen LogP contribution is 2.07. The van der Waals surface area contributed by atoms with E-state index < -0.39 is 0 Å². The summed E-state index contributed by atoms with van der Waals surface area (Å²) in [5.41, 5.74) is 0.551. The van der Waals surface area contributed by atoms with Gasteiger partial charge in [0.05, 0.1) is 13.2 Å². The monoisotopic (exact) mass is 233 g/mol. The van der Waals surface area contributed by atoms with Gasteiger partial charge in [-0.25, -0.2) is 9.78 Å². The highest BCUT2D eigenvalue weighted by Gasteiger charge is 2.12. The molecule has 0 spiro atoms. The lowest BCUT2D eigenvalue weighted by Crippen LogP contribution is -2.14. The summed E-state index contributed by atoms with van der Waals surface area (Å²) in [6.07, 6.45) is 5.46. The number of hydrogen-bond acceptors (Lipinski definition) is 3. The van der Waals surface area contributed by atoms with Crippen molar-refractivity contribution in [1.82, 2.24) is 14.1 Å². The number of carbonyl (C=O) groups is 1. The van der Waals surface area contributed by atoms with Crippen LogP contribution in [-0.4, -0.2) is 26.7 Å². The van der Waals surface area contributed by atoms with E-state index in [1.165, 1.54) is 0 Å². The van der Waals surface area contributed by atoms with E-state index in [0.717, 1.165) is 5.82 Å². The normalized spacial score (nSPS) is 10.5. The molecule has 90 valence electrons. The first-order valence-electron chi connectivity index (χ1n) is 5.51. The smallest absolute Gasteiger partial charge is 0.354 e. The van der Waals surface area contributed by atoms with Crippen molar-refractivity contribution in [2.24, 2.45) is 7.05 Å². The van der Waals surface area contributed by atoms with Crippen LogP contribution in [0.2, 0.25) is 0 Å². The Kier molecular flexibility index (Phi) is 3.27. The minimum atomic E-state index is -0.299. The standard InChI is InChI=1S/C12H15N3O2/c1-3-17-12(16)10-5-4-7-15(10)9-11-13-6-8-14(11)2/h4-8H,3,9H2,1-2H3. The Morgan fingerprint density at radius 3 is 2.94 bits per heavy atom. The third-order valence-electron chi connectivity index (χ3n) is 2.55. The van der Waals surface area contributed by atoms with Crippen LogP contribution in [0.25, 0.3) is 0 Å². The predicted molar refractivity (Wildman–Crippen MR) is 62.7 cm³/mol. The molecule has 0 unspecified atom stereocenters. The molecule has 2 aromatic rings. The lowest BCUT2D eigenvalue weighted by molar-refractivity contribution is 0.0514. The van der Waals surface area contributed by atoms with Gasteiger partial charge in [0.2, 0.25) is 0 Å². The SMILES string of the molecule is CCOC(=O)c1cccn1Cc1nccn1C. The Labute approximate surface area is 99.6 Å². The number of hydrogen-bond donors (Lipinski definition) is 0. The van der Waals surface area contributed by atoms with Crippen molar-refractivity contribution in [3.63, 3.8) is 0 Å². The fourth-order valence-electron chi connectivity index (χ4n) is 1.64. The highest BCUT2D eigenvalue weighted by molar-refractivity contribution is 5.87. The molecule has 0 aliphatic carbocycles. The third-order valence-corrected chi connectivity index (χ3v) is 2.55. The summed E-state index contributed by atoms with van der Waals surface area (Å²) in [6.45, 7) is 2.74. The molecule has 0 saturated carbocycles. The third kappa shape index (κ3) is 2.38. The Hall–Kier alpha value is -2.04. The van der Waals surface area contributed by atoms with Crippen LogP contribution in [-0.2, 0) is 18.3 Å². The summed E-state index contributed by atoms with van der Waals surface area (Å²) in [7, 11) is 1.93. The van der Waals surface area contributed by atoms with Crippen molar-refractivity contribution >= 4 is 5.97 Å². The second-order valence-electron chi connectivity index (χ2n) is 3.70. The van der Waals surface area contributed by atoms with Crippen LogP contribution in [0, 0.1) is 0 Å². The highest BCUT2D eigenvalue weighted by atomic mass is 16.5. The zero-order chi connectivity index (χ0) is 12.3. The van der Waals surface area contributed by atoms with Crippen molar-refractivity contribution in [3.8, 4) is 0 Å². The van der Waals surface area contributed by atoms with Gasteiger partial charge in [-0.3, -0.25) is 0 Å². The molecular formula is C12H15N3O2. The van der Waals surface area contributed by atoms with Gasteiger partial charge in [0.15, 0.2) is 0 Å². The Morgan fingerprint density at radius 2 is 2.29 bits per heavy atom. The summed E-state index contributed by atoms with van der Waals surface area (Å²) in [4.78, 5) is 15.9. The van der Waals surface area contributed by atoms with E-state index in [1.807, 2.05) is 34.6 Å². The van der Waals surface area contributed by atoms with Crippen molar-refractivity contribution in [1.29, 1.82) is 0 Å². The maximum atomic E-state index is 11.7. The Morgan fingerprint density at radius 1 is 1.47 bits per heavy atom. The topological polar surface area (TPSA) is 49.1 Å². The van der Waals surface area contributed by atoms with Gasteiger partial charge in [-0.05, 0) is 19.1 Å². The first-order chi connectivity index (χ1) is 8.22. The van der Waals surface area contributed by atoms with Gasteiger partial charge >= 0.3 is 5.97 Å². The quantitative estimate of drug-likeness (QED) is 0.751. The summed E-state index contributed by atoms with van der Waals surface area (Å²) in [5, 5.41) is 0. The second-order valence-corrected chi connectivity index (χ2v) is 3.70. The van der Waals surface area contributed by atoms with E-state index in [-0.39, 0.29) is 5.97 Å². The minimum Gasteiger partial charge on any atom is -0.461 e. The molecule has 5 heteroatoms. The summed E-state index contributed by atoms with van der Waals surface area (Å²) < 4.78 is 8.75. The number of carbonyl (C=O) groups excluding carboxylic acids is 1. The van der Waals surface area contributed by atoms with E-state index >= 15 is 0 Å². The zero-order valence-corrected chi connectivity index (χ0v) is 9.96. The van der Waals surface area contributed by atoms with Crippen LogP contribution in [0.15, 0.2) is 30.7 Å². The largest absolute Gasteiger partial charge is 0.461 e. The van der Waals surface area contributed by atoms with E-state index in [4.69, 9.17) is 4.74 Å². The van der Waals surface area contributed by atoms with Crippen LogP contribution >= 0.6 is 0 Å². The first kappa shape index (κ1) is 11.4. The fraction of sp³-hybridized carbons (Fsp3) is 0.333. The lowest BCUT2D eigenvalue weighted by Gasteiger charge is -2.08. The van der Waals surface area contributed by atoms with Gasteiger partial charge in [0, 0.05) is 25.6 Å². The van der Waals surface area contributed by atoms with Gasteiger partial charge in [-0.1, -0.05) is 0 Å². The minimum absolute atomic E-state index is 0.299. The fourth-order valence-corrected chi connectivity index (χ4v) is 1.64. The van der Waals surface area contributed by atoms with Crippen molar-refractivity contribution in [3.05, 3.63) is 42.2 Å². The maximum Gasteiger partial charge on any atom is 0.354 e. The van der Waals surface area contributed by atoms with Crippen molar-refractivity contribution in [2.45, 2.75) is 13.5 Å². The average Bonchev–Trinajstić information content (AvgIpc) is 2.90. The molecule has 2 rings (SSSR count). The number of rotatable bonds is 4. The van der Waals surface area contributed by atoms with E-state index in [1.54, 1.807) is 19.2 Å². The lowest BCUT2D eigenvalue weighted by atomic mass is 10.4. The summed E-state index contributed by atoms with van der Waals surface area (Å²) in [5.74, 6) is 0.596. The molecule has 0 saturated heterocycles. The molecule has 0 amide bonds. The molecule has 0 bridgehead atoms. The number of imidazole rings is 1. The molecule has 0 radical (unpaired) electrons. The summed E-state index contributed by atoms with van der Waals surface area (Å²) in [6, 6.07) is 3.58. The number of aromatic nitrogens is 3. The van der Waals surface area contributed by atoms with Gasteiger partial charge in [0.1, 0.15) is 11.5 Å². The molecule has 0 atom stereocenters. The van der Waals surface area contributed by atoms with Crippen LogP contribution < -0.4 is 0 Å². The van der Waals surface area contributed by atoms with Crippen molar-refractivity contribution < 1.29 is 9.53 Å². The number of esters is 1. The molecular weight excluding hydrogens is 218 g/mol. The molecule has 0 aliphatic rings. The molecule has 0 aliphatic heterocycles. The number of ether oxygens (including phenoxy) is 1. The van der Waals surface area contributed by atoms with Gasteiger partial charge < -0.3 is 13.9 Å². The van der Waals surface area contributed by atoms with Crippen LogP contribution in [0.5, 0.6) is 0 Å². The van der Waals surface area contributed by atoms with E-state index in [0.29, 0.717) is 18.8 Å². The predicted octanol–water partition coefficient (Wildman–Crippen LogP) is 1.45. The van der Waals surface area contributed by atoms with E-state index in [9.17, 15) is 4.79 Å². The second kappa shape index (κ2) is 4.86. The van der Waals surface area contributed by atoms with Crippen LogP contribution in [0.4, 0.5) is 0 Å². The summed E-state index contributed by atoms with van der Waals surface area (Å²) >= 11 is 0. The molecule has 0 N–H and O–H groups in total. The van der Waals surface area contributed by atoms with Crippen LogP contribution in [0.1, 0.15) is 23.2 Å². The van der Waals surface area contributed by atoms with Crippen LogP contribution in [0.3, 0.4) is 0 Å². The molecule has 5 nitrogen and oxygen atoms in total. The number of nitrogens with zero attached hydrogens (tertiary/aromatic N) is 3. The van der Waals surface area contributed by atoms with Gasteiger partial charge in [-0.15, -0.1) is 0 Å². The first-order valence-corrected chi connectivity index (χ1v) is 5.51. The molecule has 0 aromatic carbocycles. The average molecular weight is 233 g/mol. The van der Waals surface area contributed by atoms with Gasteiger partial charge in [0.25, 0.3) is 0 Å². The molecule has 17 heavy (non-hydrogen) atoms. The zero-order valence-electron chi connectivity index (χ0n) is 9.96.